The number of carbonyl (C=O) groups excluding carboxylic acids is 1. The monoisotopic (exact) mass is 443 g/mol. The van der Waals surface area contributed by atoms with Gasteiger partial charge >= 0.3 is 6.03 Å². The maximum absolute atomic E-state index is 11.3. The topological polar surface area (TPSA) is 72.3 Å². The van der Waals surface area contributed by atoms with Gasteiger partial charge in [-0.25, -0.2) is 4.79 Å². The van der Waals surface area contributed by atoms with Crippen molar-refractivity contribution in [1.82, 2.24) is 0 Å². The van der Waals surface area contributed by atoms with Crippen LogP contribution in [0.25, 0.3) is 0 Å². The minimum Gasteiger partial charge on any atom is -0.493 e. The predicted molar refractivity (Wildman–Crippen MR) is 118 cm³/mol. The second-order valence-corrected chi connectivity index (χ2v) is 6.86. The van der Waals surface area contributed by atoms with Crippen LogP contribution in [0.1, 0.15) is 11.1 Å². The Morgan fingerprint density at radius 1 is 1.00 bits per heavy atom. The zero-order valence-electron chi connectivity index (χ0n) is 16.1. The number of hydrogen-bond donors (Lipinski definition) is 1. The molecule has 0 atom stereocenters. The highest BCUT2D eigenvalue weighted by Gasteiger charge is 2.12. The van der Waals surface area contributed by atoms with E-state index in [2.05, 4.69) is 15.3 Å². The van der Waals surface area contributed by atoms with Gasteiger partial charge in [0.25, 0.3) is 0 Å². The minimum absolute atomic E-state index is 0. The highest BCUT2D eigenvalue weighted by Crippen LogP contribution is 2.32. The number of nitrogens with one attached hydrogen (secondary N) is 1. The molecule has 1 N–H and O–H groups in total. The zero-order valence-corrected chi connectivity index (χ0v) is 17.7. The Hall–Kier alpha value is -3.09. The lowest BCUT2D eigenvalue weighted by Gasteiger charge is -2.16. The molecule has 0 saturated carbocycles. The molecule has 0 saturated heterocycles. The van der Waals surface area contributed by atoms with E-state index in [0.717, 1.165) is 16.8 Å². The van der Waals surface area contributed by atoms with E-state index in [1.54, 1.807) is 19.2 Å². The summed E-state index contributed by atoms with van der Waals surface area (Å²) in [5, 5.41) is 5.19. The van der Waals surface area contributed by atoms with E-state index in [1.165, 1.54) is 0 Å². The Morgan fingerprint density at radius 2 is 1.77 bits per heavy atom. The second kappa shape index (κ2) is 9.61. The average Bonchev–Trinajstić information content (AvgIpc) is 3.11. The SMILES string of the molecule is COc1cccc(CNc2ccc3c(c2)=NC(=O)N=3)c1OCc1ccc(Cl)cc1.Cl. The van der Waals surface area contributed by atoms with Crippen molar-refractivity contribution in [3.05, 3.63) is 87.5 Å². The van der Waals surface area contributed by atoms with Crippen LogP contribution >= 0.6 is 24.0 Å². The van der Waals surface area contributed by atoms with Crippen LogP contribution in [-0.4, -0.2) is 13.1 Å². The van der Waals surface area contributed by atoms with Crippen LogP contribution in [0.3, 0.4) is 0 Å². The van der Waals surface area contributed by atoms with Gasteiger partial charge in [-0.2, -0.15) is 9.98 Å². The largest absolute Gasteiger partial charge is 0.493 e. The van der Waals surface area contributed by atoms with Gasteiger partial charge in [0.1, 0.15) is 6.61 Å². The second-order valence-electron chi connectivity index (χ2n) is 6.43. The first-order valence-electron chi connectivity index (χ1n) is 9.01. The normalized spacial score (nSPS) is 11.6. The number of amides is 2. The fourth-order valence-electron chi connectivity index (χ4n) is 3.01. The number of fused-ring (bicyclic) bond motifs is 1. The number of benzene rings is 3. The summed E-state index contributed by atoms with van der Waals surface area (Å²) in [6, 6.07) is 18.3. The van der Waals surface area contributed by atoms with Crippen molar-refractivity contribution < 1.29 is 14.3 Å². The van der Waals surface area contributed by atoms with Gasteiger partial charge in [-0.1, -0.05) is 35.9 Å². The molecule has 0 unspecified atom stereocenters. The van der Waals surface area contributed by atoms with Crippen molar-refractivity contribution in [1.29, 1.82) is 0 Å². The molecule has 3 aromatic carbocycles. The standard InChI is InChI=1S/C22H18ClN3O3.ClH/c1-28-20-4-2-3-15(21(20)29-13-14-5-7-16(23)8-6-14)12-24-17-9-10-18-19(11-17)26-22(27)25-18;/h2-11,24H,12-13H2,1H3;1H. The lowest BCUT2D eigenvalue weighted by Crippen LogP contribution is -2.21. The molecule has 6 nitrogen and oxygen atoms in total. The van der Waals surface area contributed by atoms with Crippen LogP contribution in [-0.2, 0) is 13.2 Å². The van der Waals surface area contributed by atoms with Gasteiger partial charge in [-0.05, 0) is 42.0 Å². The summed E-state index contributed by atoms with van der Waals surface area (Å²) >= 11 is 5.94. The molecule has 0 radical (unpaired) electrons. The molecule has 0 fully saturated rings. The number of rotatable bonds is 7. The lowest BCUT2D eigenvalue weighted by atomic mass is 10.1. The molecule has 30 heavy (non-hydrogen) atoms. The third kappa shape index (κ3) is 4.90. The van der Waals surface area contributed by atoms with Gasteiger partial charge in [0, 0.05) is 22.8 Å². The van der Waals surface area contributed by atoms with Crippen molar-refractivity contribution in [2.45, 2.75) is 13.2 Å². The molecule has 1 aliphatic heterocycles. The molecule has 0 bridgehead atoms. The van der Waals surface area contributed by atoms with Crippen LogP contribution in [0.2, 0.25) is 5.02 Å². The fraction of sp³-hybridized carbons (Fsp3) is 0.136. The Balaban J connectivity index is 0.00000256. The number of anilines is 1. The Bertz CT molecular complexity index is 1180. The third-order valence-electron chi connectivity index (χ3n) is 4.47. The van der Waals surface area contributed by atoms with Crippen molar-refractivity contribution in [2.75, 3.05) is 12.4 Å². The van der Waals surface area contributed by atoms with Crippen LogP contribution in [0.15, 0.2) is 70.6 Å². The lowest BCUT2D eigenvalue weighted by molar-refractivity contribution is 0.256. The Labute approximate surface area is 184 Å². The zero-order chi connectivity index (χ0) is 20.2. The smallest absolute Gasteiger partial charge is 0.368 e. The van der Waals surface area contributed by atoms with E-state index >= 15 is 0 Å². The van der Waals surface area contributed by atoms with E-state index in [1.807, 2.05) is 48.5 Å². The molecule has 8 heteroatoms. The van der Waals surface area contributed by atoms with Crippen LogP contribution in [0.4, 0.5) is 10.5 Å². The van der Waals surface area contributed by atoms with E-state index in [0.29, 0.717) is 40.4 Å². The Morgan fingerprint density at radius 3 is 2.53 bits per heavy atom. The number of urea groups is 1. The summed E-state index contributed by atoms with van der Waals surface area (Å²) < 4.78 is 11.6. The first-order chi connectivity index (χ1) is 14.1. The number of halogens is 2. The van der Waals surface area contributed by atoms with Gasteiger partial charge in [0.05, 0.1) is 17.8 Å². The molecular formula is C22H19Cl2N3O3. The third-order valence-corrected chi connectivity index (χ3v) is 4.72. The van der Waals surface area contributed by atoms with Crippen LogP contribution in [0.5, 0.6) is 11.5 Å². The van der Waals surface area contributed by atoms with Crippen molar-refractivity contribution in [3.8, 4) is 11.5 Å². The first-order valence-corrected chi connectivity index (χ1v) is 9.38. The molecule has 3 aromatic rings. The van der Waals surface area contributed by atoms with E-state index < -0.39 is 6.03 Å². The Kier molecular flexibility index (Phi) is 6.92. The number of para-hydroxylation sites is 1. The van der Waals surface area contributed by atoms with Gasteiger partial charge in [0.2, 0.25) is 0 Å². The van der Waals surface area contributed by atoms with Gasteiger partial charge < -0.3 is 14.8 Å². The minimum atomic E-state index is -0.470. The summed E-state index contributed by atoms with van der Waals surface area (Å²) in [7, 11) is 1.62. The summed E-state index contributed by atoms with van der Waals surface area (Å²) in [5.74, 6) is 1.33. The van der Waals surface area contributed by atoms with Gasteiger partial charge in [-0.15, -0.1) is 12.4 Å². The molecule has 1 aliphatic rings. The number of ether oxygens (including phenoxy) is 2. The summed E-state index contributed by atoms with van der Waals surface area (Å²) in [6.07, 6.45) is 0. The summed E-state index contributed by atoms with van der Waals surface area (Å²) in [5.41, 5.74) is 2.79. The predicted octanol–water partition coefficient (Wildman–Crippen LogP) is 4.33. The molecule has 154 valence electrons. The maximum Gasteiger partial charge on any atom is 0.368 e. The highest BCUT2D eigenvalue weighted by molar-refractivity contribution is 6.30. The average molecular weight is 444 g/mol. The molecule has 0 aliphatic carbocycles. The fourth-order valence-corrected chi connectivity index (χ4v) is 3.13. The molecule has 2 amide bonds. The van der Waals surface area contributed by atoms with E-state index in [-0.39, 0.29) is 12.4 Å². The quantitative estimate of drug-likeness (QED) is 0.589. The maximum atomic E-state index is 11.3. The van der Waals surface area contributed by atoms with Gasteiger partial charge in [-0.3, -0.25) is 0 Å². The molecule has 0 aromatic heterocycles. The number of hydrogen-bond acceptors (Lipinski definition) is 4. The number of carbonyl (C=O) groups is 1. The van der Waals surface area contributed by atoms with Gasteiger partial charge in [0.15, 0.2) is 11.5 Å². The molecule has 1 heterocycles. The molecule has 4 rings (SSSR count). The van der Waals surface area contributed by atoms with Crippen molar-refractivity contribution in [2.24, 2.45) is 9.98 Å². The van der Waals surface area contributed by atoms with Crippen LogP contribution < -0.4 is 25.5 Å². The molecular weight excluding hydrogens is 425 g/mol. The van der Waals surface area contributed by atoms with Crippen molar-refractivity contribution >= 4 is 35.7 Å². The molecule has 0 spiro atoms. The number of nitrogens with zero attached hydrogens (tertiary/aromatic N) is 2. The van der Waals surface area contributed by atoms with Crippen LogP contribution in [0, 0.1) is 0 Å². The highest BCUT2D eigenvalue weighted by atomic mass is 35.5. The van der Waals surface area contributed by atoms with Crippen molar-refractivity contribution in [3.63, 3.8) is 0 Å². The summed E-state index contributed by atoms with van der Waals surface area (Å²) in [4.78, 5) is 19.0. The number of methoxy groups -OCH3 is 1. The summed E-state index contributed by atoms with van der Waals surface area (Å²) in [6.45, 7) is 0.906. The van der Waals surface area contributed by atoms with E-state index in [9.17, 15) is 4.79 Å². The van der Waals surface area contributed by atoms with E-state index in [4.69, 9.17) is 21.1 Å². The first kappa shape index (κ1) is 21.6.